The van der Waals surface area contributed by atoms with Gasteiger partial charge in [0.15, 0.2) is 0 Å². The number of carboxylic acids is 1. The second-order valence-electron chi connectivity index (χ2n) is 7.00. The fourth-order valence-corrected chi connectivity index (χ4v) is 3.13. The quantitative estimate of drug-likeness (QED) is 0.374. The van der Waals surface area contributed by atoms with Crippen molar-refractivity contribution in [2.45, 2.75) is 104 Å². The van der Waals surface area contributed by atoms with Crippen molar-refractivity contribution in [3.05, 3.63) is 23.2 Å². The van der Waals surface area contributed by atoms with Crippen LogP contribution in [0.25, 0.3) is 0 Å². The van der Waals surface area contributed by atoms with Crippen LogP contribution in [0.2, 0.25) is 0 Å². The number of aliphatic carboxylic acids is 1. The Morgan fingerprint density at radius 3 is 2.12 bits per heavy atom. The fraction of sp³-hybridized carbons (Fsp3) is 0.762. The first-order chi connectivity index (χ1) is 11.6. The molecule has 0 aliphatic carbocycles. The molecule has 0 spiro atoms. The lowest BCUT2D eigenvalue weighted by Crippen LogP contribution is -1.93. The standard InChI is InChI=1S/C21H36O3/c1-3-4-11-15-20-18(2)17-19(24-20)14-12-9-7-5-6-8-10-13-16-21(22)23/h17H,3-16H2,1-2H3,(H,22,23). The van der Waals surface area contributed by atoms with Crippen molar-refractivity contribution in [1.29, 1.82) is 0 Å². The van der Waals surface area contributed by atoms with Gasteiger partial charge in [0.25, 0.3) is 0 Å². The van der Waals surface area contributed by atoms with Crippen molar-refractivity contribution in [2.75, 3.05) is 0 Å². The van der Waals surface area contributed by atoms with Crippen LogP contribution in [0, 0.1) is 6.92 Å². The smallest absolute Gasteiger partial charge is 0.303 e. The second kappa shape index (κ2) is 13.1. The molecule has 0 bridgehead atoms. The molecule has 0 radical (unpaired) electrons. The first-order valence-corrected chi connectivity index (χ1v) is 9.93. The number of hydrogen-bond acceptors (Lipinski definition) is 2. The Morgan fingerprint density at radius 2 is 1.50 bits per heavy atom. The molecule has 0 saturated heterocycles. The number of rotatable bonds is 15. The maximum atomic E-state index is 10.4. The lowest BCUT2D eigenvalue weighted by atomic mass is 10.1. The molecule has 24 heavy (non-hydrogen) atoms. The highest BCUT2D eigenvalue weighted by atomic mass is 16.4. The van der Waals surface area contributed by atoms with E-state index in [0.717, 1.165) is 31.4 Å². The molecule has 3 nitrogen and oxygen atoms in total. The molecule has 0 unspecified atom stereocenters. The summed E-state index contributed by atoms with van der Waals surface area (Å²) in [7, 11) is 0. The summed E-state index contributed by atoms with van der Waals surface area (Å²) in [5.41, 5.74) is 1.32. The minimum Gasteiger partial charge on any atom is -0.481 e. The summed E-state index contributed by atoms with van der Waals surface area (Å²) in [6.07, 6.45) is 15.6. The third-order valence-corrected chi connectivity index (χ3v) is 4.64. The van der Waals surface area contributed by atoms with E-state index in [9.17, 15) is 4.79 Å². The zero-order chi connectivity index (χ0) is 17.6. The monoisotopic (exact) mass is 336 g/mol. The normalized spacial score (nSPS) is 11.1. The van der Waals surface area contributed by atoms with E-state index in [1.54, 1.807) is 0 Å². The number of unbranched alkanes of at least 4 members (excludes halogenated alkanes) is 9. The molecule has 1 aromatic heterocycles. The summed E-state index contributed by atoms with van der Waals surface area (Å²) < 4.78 is 6.00. The molecular weight excluding hydrogens is 300 g/mol. The molecule has 1 N–H and O–H groups in total. The predicted molar refractivity (Wildman–Crippen MR) is 99.6 cm³/mol. The Bertz CT molecular complexity index is 448. The summed E-state index contributed by atoms with van der Waals surface area (Å²) in [4.78, 5) is 10.4. The van der Waals surface area contributed by atoms with Gasteiger partial charge in [-0.05, 0) is 37.8 Å². The number of carbonyl (C=O) groups is 1. The van der Waals surface area contributed by atoms with Gasteiger partial charge >= 0.3 is 5.97 Å². The number of aryl methyl sites for hydroxylation is 3. The average molecular weight is 337 g/mol. The summed E-state index contributed by atoms with van der Waals surface area (Å²) >= 11 is 0. The summed E-state index contributed by atoms with van der Waals surface area (Å²) in [6, 6.07) is 2.23. The van der Waals surface area contributed by atoms with Crippen LogP contribution in [0.4, 0.5) is 0 Å². The van der Waals surface area contributed by atoms with Crippen LogP contribution in [0.1, 0.15) is 101 Å². The Labute approximate surface area is 147 Å². The first kappa shape index (κ1) is 20.8. The minimum atomic E-state index is -0.670. The molecule has 1 aromatic rings. The van der Waals surface area contributed by atoms with Crippen LogP contribution < -0.4 is 0 Å². The van der Waals surface area contributed by atoms with Crippen LogP contribution in [-0.4, -0.2) is 11.1 Å². The van der Waals surface area contributed by atoms with Gasteiger partial charge in [-0.3, -0.25) is 4.79 Å². The molecule has 0 aliphatic rings. The Hall–Kier alpha value is -1.25. The van der Waals surface area contributed by atoms with Gasteiger partial charge in [0.2, 0.25) is 0 Å². The van der Waals surface area contributed by atoms with Gasteiger partial charge in [0.1, 0.15) is 11.5 Å². The Morgan fingerprint density at radius 1 is 0.917 bits per heavy atom. The highest BCUT2D eigenvalue weighted by Crippen LogP contribution is 2.19. The Kier molecular flexibility index (Phi) is 11.3. The van der Waals surface area contributed by atoms with Gasteiger partial charge in [-0.2, -0.15) is 0 Å². The van der Waals surface area contributed by atoms with E-state index in [1.165, 1.54) is 69.1 Å². The van der Waals surface area contributed by atoms with Gasteiger partial charge in [-0.25, -0.2) is 0 Å². The van der Waals surface area contributed by atoms with Crippen molar-refractivity contribution < 1.29 is 14.3 Å². The van der Waals surface area contributed by atoms with Crippen LogP contribution in [-0.2, 0) is 17.6 Å². The van der Waals surface area contributed by atoms with E-state index in [4.69, 9.17) is 9.52 Å². The lowest BCUT2D eigenvalue weighted by Gasteiger charge is -2.01. The average Bonchev–Trinajstić information content (AvgIpc) is 2.89. The first-order valence-electron chi connectivity index (χ1n) is 9.93. The molecule has 138 valence electrons. The van der Waals surface area contributed by atoms with Crippen molar-refractivity contribution in [3.8, 4) is 0 Å². The molecule has 0 saturated carbocycles. The molecule has 0 atom stereocenters. The van der Waals surface area contributed by atoms with Gasteiger partial charge in [0, 0.05) is 19.3 Å². The molecule has 1 rings (SSSR count). The zero-order valence-corrected chi connectivity index (χ0v) is 15.7. The maximum absolute atomic E-state index is 10.4. The fourth-order valence-electron chi connectivity index (χ4n) is 3.13. The SMILES string of the molecule is CCCCCc1oc(CCCCCCCCCCC(=O)O)cc1C. The molecule has 0 fully saturated rings. The number of hydrogen-bond donors (Lipinski definition) is 1. The topological polar surface area (TPSA) is 50.4 Å². The highest BCUT2D eigenvalue weighted by molar-refractivity contribution is 5.66. The largest absolute Gasteiger partial charge is 0.481 e. The van der Waals surface area contributed by atoms with Gasteiger partial charge in [-0.15, -0.1) is 0 Å². The molecule has 1 heterocycles. The third-order valence-electron chi connectivity index (χ3n) is 4.64. The number of furan rings is 1. The third kappa shape index (κ3) is 9.79. The van der Waals surface area contributed by atoms with E-state index in [1.807, 2.05) is 0 Å². The van der Waals surface area contributed by atoms with Gasteiger partial charge < -0.3 is 9.52 Å². The van der Waals surface area contributed by atoms with Crippen LogP contribution in [0.15, 0.2) is 10.5 Å². The van der Waals surface area contributed by atoms with E-state index in [-0.39, 0.29) is 0 Å². The van der Waals surface area contributed by atoms with Crippen molar-refractivity contribution >= 4 is 5.97 Å². The molecule has 0 aliphatic heterocycles. The maximum Gasteiger partial charge on any atom is 0.303 e. The predicted octanol–water partition coefficient (Wildman–Crippen LogP) is 6.46. The molecule has 0 amide bonds. The summed E-state index contributed by atoms with van der Waals surface area (Å²) in [5.74, 6) is 1.68. The molecular formula is C21H36O3. The lowest BCUT2D eigenvalue weighted by molar-refractivity contribution is -0.137. The van der Waals surface area contributed by atoms with Crippen LogP contribution >= 0.6 is 0 Å². The van der Waals surface area contributed by atoms with E-state index >= 15 is 0 Å². The summed E-state index contributed by atoms with van der Waals surface area (Å²) in [5, 5.41) is 8.57. The van der Waals surface area contributed by atoms with Crippen molar-refractivity contribution in [1.82, 2.24) is 0 Å². The minimum absolute atomic E-state index is 0.322. The molecule has 0 aromatic carbocycles. The van der Waals surface area contributed by atoms with Gasteiger partial charge in [0.05, 0.1) is 0 Å². The Balaban J connectivity index is 2.01. The van der Waals surface area contributed by atoms with Gasteiger partial charge in [-0.1, -0.05) is 58.3 Å². The van der Waals surface area contributed by atoms with E-state index in [0.29, 0.717) is 6.42 Å². The van der Waals surface area contributed by atoms with E-state index in [2.05, 4.69) is 19.9 Å². The molecule has 3 heteroatoms. The van der Waals surface area contributed by atoms with Crippen molar-refractivity contribution in [2.24, 2.45) is 0 Å². The van der Waals surface area contributed by atoms with Crippen molar-refractivity contribution in [3.63, 3.8) is 0 Å². The van der Waals surface area contributed by atoms with Crippen LogP contribution in [0.3, 0.4) is 0 Å². The summed E-state index contributed by atoms with van der Waals surface area (Å²) in [6.45, 7) is 4.40. The second-order valence-corrected chi connectivity index (χ2v) is 7.00. The van der Waals surface area contributed by atoms with Crippen LogP contribution in [0.5, 0.6) is 0 Å². The number of carboxylic acid groups (broad SMARTS) is 1. The highest BCUT2D eigenvalue weighted by Gasteiger charge is 2.07. The van der Waals surface area contributed by atoms with E-state index < -0.39 is 5.97 Å². The zero-order valence-electron chi connectivity index (χ0n) is 15.7.